The van der Waals surface area contributed by atoms with E-state index in [1.807, 2.05) is 35.9 Å². The first-order chi connectivity index (χ1) is 11.5. The lowest BCUT2D eigenvalue weighted by Gasteiger charge is -2.24. The molecule has 0 radical (unpaired) electrons. The zero-order chi connectivity index (χ0) is 17.3. The van der Waals surface area contributed by atoms with Crippen LogP contribution in [0.15, 0.2) is 24.3 Å². The van der Waals surface area contributed by atoms with E-state index in [-0.39, 0.29) is 11.8 Å². The van der Waals surface area contributed by atoms with Gasteiger partial charge in [-0.1, -0.05) is 18.2 Å². The van der Waals surface area contributed by atoms with Gasteiger partial charge in [-0.25, -0.2) is 0 Å². The van der Waals surface area contributed by atoms with E-state index in [1.165, 1.54) is 0 Å². The van der Waals surface area contributed by atoms with Gasteiger partial charge < -0.3 is 10.1 Å². The minimum Gasteiger partial charge on any atom is -0.492 e. The van der Waals surface area contributed by atoms with Gasteiger partial charge in [0, 0.05) is 23.8 Å². The summed E-state index contributed by atoms with van der Waals surface area (Å²) in [4.78, 5) is 12.5. The molecule has 1 aromatic heterocycles. The SMILES string of the molecule is Cc1nn(C(C)C)c(C)c1CNC(=O)[C@@H]1COc2ccccc2C1. The van der Waals surface area contributed by atoms with E-state index in [1.54, 1.807) is 0 Å². The summed E-state index contributed by atoms with van der Waals surface area (Å²) in [6.07, 6.45) is 0.727. The van der Waals surface area contributed by atoms with Gasteiger partial charge in [0.25, 0.3) is 0 Å². The van der Waals surface area contributed by atoms with Gasteiger partial charge in [0.2, 0.25) is 5.91 Å². The molecule has 1 aliphatic rings. The van der Waals surface area contributed by atoms with Gasteiger partial charge in [-0.05, 0) is 45.7 Å². The molecule has 1 aliphatic heterocycles. The number of fused-ring (bicyclic) bond motifs is 1. The lowest BCUT2D eigenvalue weighted by atomic mass is 9.96. The molecule has 0 bridgehead atoms. The van der Waals surface area contributed by atoms with Gasteiger partial charge in [-0.15, -0.1) is 0 Å². The molecule has 5 heteroatoms. The van der Waals surface area contributed by atoms with E-state index < -0.39 is 0 Å². The largest absolute Gasteiger partial charge is 0.492 e. The van der Waals surface area contributed by atoms with Crippen molar-refractivity contribution in [3.63, 3.8) is 0 Å². The van der Waals surface area contributed by atoms with Crippen molar-refractivity contribution >= 4 is 5.91 Å². The molecule has 0 unspecified atom stereocenters. The highest BCUT2D eigenvalue weighted by Crippen LogP contribution is 2.27. The first-order valence-electron chi connectivity index (χ1n) is 8.50. The quantitative estimate of drug-likeness (QED) is 0.939. The van der Waals surface area contributed by atoms with E-state index in [2.05, 4.69) is 31.2 Å². The number of benzene rings is 1. The summed E-state index contributed by atoms with van der Waals surface area (Å²) < 4.78 is 7.73. The summed E-state index contributed by atoms with van der Waals surface area (Å²) in [6.45, 7) is 9.22. The third kappa shape index (κ3) is 3.16. The van der Waals surface area contributed by atoms with E-state index in [9.17, 15) is 4.79 Å². The number of nitrogens with zero attached hydrogens (tertiary/aromatic N) is 2. The van der Waals surface area contributed by atoms with Crippen LogP contribution in [0, 0.1) is 19.8 Å². The highest BCUT2D eigenvalue weighted by molar-refractivity contribution is 5.79. The van der Waals surface area contributed by atoms with Crippen LogP contribution in [0.3, 0.4) is 0 Å². The fourth-order valence-electron chi connectivity index (χ4n) is 3.27. The number of amides is 1. The molecule has 0 spiro atoms. The van der Waals surface area contributed by atoms with Crippen LogP contribution in [0.5, 0.6) is 5.75 Å². The van der Waals surface area contributed by atoms with Gasteiger partial charge in [0.1, 0.15) is 12.4 Å². The fourth-order valence-corrected chi connectivity index (χ4v) is 3.27. The molecule has 24 heavy (non-hydrogen) atoms. The van der Waals surface area contributed by atoms with Crippen LogP contribution in [0.25, 0.3) is 0 Å². The first kappa shape index (κ1) is 16.6. The number of hydrogen-bond acceptors (Lipinski definition) is 3. The van der Waals surface area contributed by atoms with Gasteiger partial charge in [0.15, 0.2) is 0 Å². The van der Waals surface area contributed by atoms with Gasteiger partial charge in [-0.3, -0.25) is 9.48 Å². The molecular weight excluding hydrogens is 302 g/mol. The molecule has 1 atom stereocenters. The molecule has 1 aromatic carbocycles. The third-order valence-corrected chi connectivity index (χ3v) is 4.65. The highest BCUT2D eigenvalue weighted by atomic mass is 16.5. The van der Waals surface area contributed by atoms with Crippen LogP contribution in [0.1, 0.15) is 42.4 Å². The normalized spacial score (nSPS) is 16.6. The van der Waals surface area contributed by atoms with Crippen LogP contribution in [0.4, 0.5) is 0 Å². The molecule has 0 saturated heterocycles. The fraction of sp³-hybridized carbons (Fsp3) is 0.474. The summed E-state index contributed by atoms with van der Waals surface area (Å²) in [7, 11) is 0. The lowest BCUT2D eigenvalue weighted by Crippen LogP contribution is -2.37. The molecule has 128 valence electrons. The third-order valence-electron chi connectivity index (χ3n) is 4.65. The average Bonchev–Trinajstić information content (AvgIpc) is 2.86. The predicted octanol–water partition coefficient (Wildman–Crippen LogP) is 2.95. The Kier molecular flexibility index (Phi) is 4.60. The van der Waals surface area contributed by atoms with Crippen molar-refractivity contribution in [1.29, 1.82) is 0 Å². The van der Waals surface area contributed by atoms with E-state index in [0.717, 1.165) is 34.7 Å². The Morgan fingerprint density at radius 2 is 2.12 bits per heavy atom. The Labute approximate surface area is 143 Å². The highest BCUT2D eigenvalue weighted by Gasteiger charge is 2.26. The molecule has 0 fully saturated rings. The van der Waals surface area contributed by atoms with Gasteiger partial charge in [-0.2, -0.15) is 5.10 Å². The van der Waals surface area contributed by atoms with Crippen molar-refractivity contribution in [2.45, 2.75) is 46.7 Å². The minimum atomic E-state index is -0.138. The van der Waals surface area contributed by atoms with Crippen LogP contribution < -0.4 is 10.1 Å². The topological polar surface area (TPSA) is 56.2 Å². The second-order valence-electron chi connectivity index (χ2n) is 6.73. The van der Waals surface area contributed by atoms with Crippen molar-refractivity contribution < 1.29 is 9.53 Å². The second-order valence-corrected chi connectivity index (χ2v) is 6.73. The molecule has 2 heterocycles. The Balaban J connectivity index is 1.65. The molecule has 0 aliphatic carbocycles. The number of para-hydroxylation sites is 1. The minimum absolute atomic E-state index is 0.0422. The Bertz CT molecular complexity index is 749. The number of nitrogens with one attached hydrogen (secondary N) is 1. The summed E-state index contributed by atoms with van der Waals surface area (Å²) in [5.74, 6) is 0.799. The van der Waals surface area contributed by atoms with Crippen molar-refractivity contribution in [3.8, 4) is 5.75 Å². The van der Waals surface area contributed by atoms with Crippen molar-refractivity contribution in [3.05, 3.63) is 46.8 Å². The van der Waals surface area contributed by atoms with Gasteiger partial charge >= 0.3 is 0 Å². The smallest absolute Gasteiger partial charge is 0.227 e. The summed E-state index contributed by atoms with van der Waals surface area (Å²) >= 11 is 0. The monoisotopic (exact) mass is 327 g/mol. The van der Waals surface area contributed by atoms with E-state index in [4.69, 9.17) is 4.74 Å². The van der Waals surface area contributed by atoms with Crippen LogP contribution in [-0.4, -0.2) is 22.3 Å². The number of ether oxygens (including phenoxy) is 1. The zero-order valence-corrected chi connectivity index (χ0v) is 14.8. The Morgan fingerprint density at radius 1 is 1.38 bits per heavy atom. The average molecular weight is 327 g/mol. The number of aromatic nitrogens is 2. The molecule has 1 amide bonds. The van der Waals surface area contributed by atoms with E-state index in [0.29, 0.717) is 19.2 Å². The Morgan fingerprint density at radius 3 is 2.83 bits per heavy atom. The molecule has 5 nitrogen and oxygen atoms in total. The lowest BCUT2D eigenvalue weighted by molar-refractivity contribution is -0.126. The molecule has 3 rings (SSSR count). The number of aryl methyl sites for hydroxylation is 1. The molecule has 0 saturated carbocycles. The van der Waals surface area contributed by atoms with Gasteiger partial charge in [0.05, 0.1) is 11.6 Å². The number of hydrogen-bond donors (Lipinski definition) is 1. The van der Waals surface area contributed by atoms with Crippen molar-refractivity contribution in [2.24, 2.45) is 5.92 Å². The maximum absolute atomic E-state index is 12.5. The maximum atomic E-state index is 12.5. The predicted molar refractivity (Wildman–Crippen MR) is 93.1 cm³/mol. The standard InChI is InChI=1S/C19H25N3O2/c1-12(2)22-14(4)17(13(3)21-22)10-20-19(23)16-9-15-7-5-6-8-18(15)24-11-16/h5-8,12,16H,9-11H2,1-4H3,(H,20,23)/t16-/m0/s1. The first-order valence-corrected chi connectivity index (χ1v) is 8.50. The molecule has 2 aromatic rings. The molecular formula is C19H25N3O2. The van der Waals surface area contributed by atoms with Crippen LogP contribution in [0.2, 0.25) is 0 Å². The molecule has 1 N–H and O–H groups in total. The summed E-state index contributed by atoms with van der Waals surface area (Å²) in [5.41, 5.74) is 4.30. The Hall–Kier alpha value is -2.30. The maximum Gasteiger partial charge on any atom is 0.227 e. The van der Waals surface area contributed by atoms with Crippen LogP contribution >= 0.6 is 0 Å². The number of rotatable bonds is 4. The zero-order valence-electron chi connectivity index (χ0n) is 14.8. The number of carbonyl (C=O) groups excluding carboxylic acids is 1. The number of carbonyl (C=O) groups is 1. The van der Waals surface area contributed by atoms with E-state index >= 15 is 0 Å². The second kappa shape index (κ2) is 6.67. The van der Waals surface area contributed by atoms with Crippen LogP contribution in [-0.2, 0) is 17.8 Å². The summed E-state index contributed by atoms with van der Waals surface area (Å²) in [6, 6.07) is 8.23. The summed E-state index contributed by atoms with van der Waals surface area (Å²) in [5, 5.41) is 7.63. The van der Waals surface area contributed by atoms with Crippen molar-refractivity contribution in [2.75, 3.05) is 6.61 Å². The van der Waals surface area contributed by atoms with Crippen molar-refractivity contribution in [1.82, 2.24) is 15.1 Å².